The van der Waals surface area contributed by atoms with E-state index in [1.54, 1.807) is 0 Å². The molecule has 1 aromatic carbocycles. The summed E-state index contributed by atoms with van der Waals surface area (Å²) in [6.45, 7) is 0.426. The molecule has 0 fully saturated rings. The molecule has 0 bridgehead atoms. The molecule has 0 unspecified atom stereocenters. The van der Waals surface area contributed by atoms with Gasteiger partial charge < -0.3 is 20.1 Å². The van der Waals surface area contributed by atoms with Gasteiger partial charge in [0, 0.05) is 32.7 Å². The van der Waals surface area contributed by atoms with Crippen molar-refractivity contribution in [3.8, 4) is 5.75 Å². The molecule has 0 atom stereocenters. The number of sulfonamides is 1. The summed E-state index contributed by atoms with van der Waals surface area (Å²) in [5, 5.41) is 5.05. The predicted octanol–water partition coefficient (Wildman–Crippen LogP) is 0.102. The minimum Gasteiger partial charge on any atom is -0.482 e. The molecule has 0 saturated heterocycles. The Kier molecular flexibility index (Phi) is 6.59. The van der Waals surface area contributed by atoms with Gasteiger partial charge in [-0.1, -0.05) is 11.6 Å². The van der Waals surface area contributed by atoms with Crippen molar-refractivity contribution < 1.29 is 27.5 Å². The highest BCUT2D eigenvalue weighted by Gasteiger charge is 2.24. The largest absolute Gasteiger partial charge is 0.482 e. The van der Waals surface area contributed by atoms with Crippen LogP contribution in [0.3, 0.4) is 0 Å². The van der Waals surface area contributed by atoms with E-state index < -0.39 is 10.0 Å². The molecule has 0 aliphatic carbocycles. The number of benzene rings is 1. The van der Waals surface area contributed by atoms with Gasteiger partial charge in [0.25, 0.3) is 5.91 Å². The van der Waals surface area contributed by atoms with Crippen molar-refractivity contribution in [2.24, 2.45) is 0 Å². The molecular formula is C14H18ClN3O6S. The van der Waals surface area contributed by atoms with Crippen LogP contribution in [-0.2, 0) is 24.3 Å². The van der Waals surface area contributed by atoms with Gasteiger partial charge >= 0.3 is 0 Å². The minimum absolute atomic E-state index is 0.0297. The fraction of sp³-hybridized carbons (Fsp3) is 0.429. The highest BCUT2D eigenvalue weighted by molar-refractivity contribution is 7.89. The maximum atomic E-state index is 12.4. The van der Waals surface area contributed by atoms with Gasteiger partial charge in [0.05, 0.1) is 17.3 Å². The number of fused-ring (bicyclic) bond motifs is 1. The highest BCUT2D eigenvalue weighted by Crippen LogP contribution is 2.35. The van der Waals surface area contributed by atoms with E-state index in [9.17, 15) is 18.0 Å². The number of carbonyl (C=O) groups is 2. The summed E-state index contributed by atoms with van der Waals surface area (Å²) < 4.78 is 37.0. The smallest absolute Gasteiger partial charge is 0.262 e. The van der Waals surface area contributed by atoms with Crippen molar-refractivity contribution in [1.29, 1.82) is 0 Å². The number of carbonyl (C=O) groups excluding carboxylic acids is 2. The number of ether oxygens (including phenoxy) is 2. The first kappa shape index (κ1) is 19.4. The zero-order valence-electron chi connectivity index (χ0n) is 13.4. The molecule has 25 heavy (non-hydrogen) atoms. The van der Waals surface area contributed by atoms with Crippen molar-refractivity contribution in [3.05, 3.63) is 17.2 Å². The molecule has 2 amide bonds. The number of anilines is 1. The number of hydrogen-bond donors (Lipinski definition) is 3. The molecule has 1 heterocycles. The van der Waals surface area contributed by atoms with E-state index in [0.717, 1.165) is 0 Å². The second kappa shape index (κ2) is 8.48. The van der Waals surface area contributed by atoms with Crippen LogP contribution in [0.4, 0.5) is 5.69 Å². The molecule has 0 radical (unpaired) electrons. The van der Waals surface area contributed by atoms with Crippen molar-refractivity contribution in [2.75, 3.05) is 38.7 Å². The Morgan fingerprint density at radius 2 is 2.16 bits per heavy atom. The Labute approximate surface area is 150 Å². The molecule has 0 aromatic heterocycles. The van der Waals surface area contributed by atoms with Crippen molar-refractivity contribution >= 4 is 39.1 Å². The van der Waals surface area contributed by atoms with Gasteiger partial charge in [-0.3, -0.25) is 9.59 Å². The average Bonchev–Trinajstić information content (AvgIpc) is 2.54. The van der Waals surface area contributed by atoms with Gasteiger partial charge in [-0.25, -0.2) is 13.1 Å². The summed E-state index contributed by atoms with van der Waals surface area (Å²) in [6, 6.07) is 2.54. The molecule has 11 heteroatoms. The maximum Gasteiger partial charge on any atom is 0.262 e. The Morgan fingerprint density at radius 1 is 1.40 bits per heavy atom. The van der Waals surface area contributed by atoms with Gasteiger partial charge in [-0.2, -0.15) is 0 Å². The van der Waals surface area contributed by atoms with Crippen LogP contribution in [0, 0.1) is 0 Å². The van der Waals surface area contributed by atoms with Crippen LogP contribution in [0.1, 0.15) is 6.42 Å². The quantitative estimate of drug-likeness (QED) is 0.540. The van der Waals surface area contributed by atoms with Crippen LogP contribution in [0.25, 0.3) is 0 Å². The van der Waals surface area contributed by atoms with E-state index >= 15 is 0 Å². The van der Waals surface area contributed by atoms with Crippen LogP contribution in [0.2, 0.25) is 5.02 Å². The maximum absolute atomic E-state index is 12.4. The Morgan fingerprint density at radius 3 is 2.88 bits per heavy atom. The van der Waals surface area contributed by atoms with Crippen molar-refractivity contribution in [1.82, 2.24) is 10.0 Å². The summed E-state index contributed by atoms with van der Waals surface area (Å²) >= 11 is 6.00. The van der Waals surface area contributed by atoms with Gasteiger partial charge in [-0.15, -0.1) is 0 Å². The number of amides is 2. The van der Waals surface area contributed by atoms with Gasteiger partial charge in [0.15, 0.2) is 6.61 Å². The standard InChI is InChI=1S/C14H18ClN3O6S/c1-23-5-4-16-13(19)2-3-17-25(21,22)12-7-11-10(6-9(12)15)18-14(20)8-24-11/h6-7,17H,2-5,8H2,1H3,(H,16,19)(H,18,20). The molecule has 1 aliphatic heterocycles. The average molecular weight is 392 g/mol. The first-order valence-electron chi connectivity index (χ1n) is 7.35. The lowest BCUT2D eigenvalue weighted by atomic mass is 10.2. The third-order valence-electron chi connectivity index (χ3n) is 3.23. The van der Waals surface area contributed by atoms with Crippen LogP contribution < -0.4 is 20.1 Å². The third kappa shape index (κ3) is 5.30. The molecule has 138 valence electrons. The van der Waals surface area contributed by atoms with E-state index in [1.807, 2.05) is 0 Å². The lowest BCUT2D eigenvalue weighted by Gasteiger charge is -2.19. The van der Waals surface area contributed by atoms with Gasteiger partial charge in [0.1, 0.15) is 10.6 Å². The van der Waals surface area contributed by atoms with E-state index in [0.29, 0.717) is 18.8 Å². The van der Waals surface area contributed by atoms with Crippen LogP contribution >= 0.6 is 11.6 Å². The normalized spacial score (nSPS) is 13.6. The summed E-state index contributed by atoms with van der Waals surface area (Å²) in [7, 11) is -2.43. The SMILES string of the molecule is COCCNC(=O)CCNS(=O)(=O)c1cc2c(cc1Cl)NC(=O)CO2. The predicted molar refractivity (Wildman–Crippen MR) is 90.3 cm³/mol. The summed E-state index contributed by atoms with van der Waals surface area (Å²) in [5.74, 6) is -0.444. The third-order valence-corrected chi connectivity index (χ3v) is 5.15. The zero-order valence-corrected chi connectivity index (χ0v) is 15.0. The van der Waals surface area contributed by atoms with E-state index in [1.165, 1.54) is 19.2 Å². The van der Waals surface area contributed by atoms with E-state index in [2.05, 4.69) is 15.4 Å². The summed E-state index contributed by atoms with van der Waals surface area (Å²) in [4.78, 5) is 22.6. The van der Waals surface area contributed by atoms with Crippen LogP contribution in [0.5, 0.6) is 5.75 Å². The second-order valence-electron chi connectivity index (χ2n) is 5.11. The fourth-order valence-electron chi connectivity index (χ4n) is 2.04. The van der Waals surface area contributed by atoms with Crippen LogP contribution in [0.15, 0.2) is 17.0 Å². The molecule has 0 saturated carbocycles. The lowest BCUT2D eigenvalue weighted by molar-refractivity contribution is -0.121. The van der Waals surface area contributed by atoms with Gasteiger partial charge in [0.2, 0.25) is 15.9 Å². The first-order chi connectivity index (χ1) is 11.8. The monoisotopic (exact) mass is 391 g/mol. The van der Waals surface area contributed by atoms with Gasteiger partial charge in [-0.05, 0) is 6.07 Å². The van der Waals surface area contributed by atoms with Crippen molar-refractivity contribution in [3.63, 3.8) is 0 Å². The molecule has 3 N–H and O–H groups in total. The Hall–Kier alpha value is -1.88. The molecule has 2 rings (SSSR count). The lowest BCUT2D eigenvalue weighted by Crippen LogP contribution is -2.32. The number of nitrogens with one attached hydrogen (secondary N) is 3. The first-order valence-corrected chi connectivity index (χ1v) is 9.21. The summed E-state index contributed by atoms with van der Waals surface area (Å²) in [5.41, 5.74) is 0.303. The Bertz CT molecular complexity index is 768. The van der Waals surface area contributed by atoms with Crippen molar-refractivity contribution in [2.45, 2.75) is 11.3 Å². The zero-order chi connectivity index (χ0) is 18.4. The topological polar surface area (TPSA) is 123 Å². The number of rotatable bonds is 8. The number of hydrogen-bond acceptors (Lipinski definition) is 6. The highest BCUT2D eigenvalue weighted by atomic mass is 35.5. The fourth-order valence-corrected chi connectivity index (χ4v) is 3.62. The molecule has 1 aliphatic rings. The van der Waals surface area contributed by atoms with Crippen LogP contribution in [-0.4, -0.2) is 53.6 Å². The number of methoxy groups -OCH3 is 1. The minimum atomic E-state index is -3.94. The number of halogens is 1. The Balaban J connectivity index is 2.00. The van der Waals surface area contributed by atoms with E-state index in [-0.39, 0.29) is 47.1 Å². The summed E-state index contributed by atoms with van der Waals surface area (Å²) in [6.07, 6.45) is -0.0297. The molecule has 9 nitrogen and oxygen atoms in total. The molecule has 1 aromatic rings. The molecular weight excluding hydrogens is 374 g/mol. The second-order valence-corrected chi connectivity index (χ2v) is 7.25. The molecule has 0 spiro atoms. The van der Waals surface area contributed by atoms with E-state index in [4.69, 9.17) is 21.1 Å².